The minimum atomic E-state index is 0.0406. The zero-order valence-corrected chi connectivity index (χ0v) is 11.3. The summed E-state index contributed by atoms with van der Waals surface area (Å²) in [5.74, 6) is 1.41. The number of nitrogens with two attached hydrogens (primary N) is 1. The third-order valence-corrected chi connectivity index (χ3v) is 3.85. The highest BCUT2D eigenvalue weighted by atomic mass is 79.9. The lowest BCUT2D eigenvalue weighted by molar-refractivity contribution is 0.251. The number of hydrogen-bond acceptors (Lipinski definition) is 2. The molecular weight excluding hydrogens is 280 g/mol. The molecule has 1 saturated carbocycles. The molecule has 0 bridgehead atoms. The molecule has 0 saturated heterocycles. The fourth-order valence-corrected chi connectivity index (χ4v) is 2.83. The number of halogens is 1. The molecule has 0 unspecified atom stereocenters. The van der Waals surface area contributed by atoms with Crippen LogP contribution in [0.3, 0.4) is 0 Å². The van der Waals surface area contributed by atoms with E-state index in [2.05, 4.69) is 15.9 Å². The van der Waals surface area contributed by atoms with Crippen molar-refractivity contribution < 1.29 is 4.74 Å². The van der Waals surface area contributed by atoms with Gasteiger partial charge in [-0.3, -0.25) is 5.41 Å². The van der Waals surface area contributed by atoms with Gasteiger partial charge in [-0.05, 0) is 46.8 Å². The average molecular weight is 297 g/mol. The highest BCUT2D eigenvalue weighted by molar-refractivity contribution is 9.10. The van der Waals surface area contributed by atoms with Crippen LogP contribution < -0.4 is 10.5 Å². The van der Waals surface area contributed by atoms with E-state index >= 15 is 0 Å². The molecule has 0 radical (unpaired) electrons. The topological polar surface area (TPSA) is 59.1 Å². The van der Waals surface area contributed by atoms with Crippen LogP contribution in [0.1, 0.15) is 31.2 Å². The van der Waals surface area contributed by atoms with Gasteiger partial charge in [-0.15, -0.1) is 0 Å². The Bertz CT molecular complexity index is 414. The largest absolute Gasteiger partial charge is 0.492 e. The number of ether oxygens (including phenoxy) is 1. The minimum absolute atomic E-state index is 0.0406. The van der Waals surface area contributed by atoms with E-state index in [1.807, 2.05) is 18.2 Å². The van der Waals surface area contributed by atoms with Crippen molar-refractivity contribution in [1.82, 2.24) is 0 Å². The van der Waals surface area contributed by atoms with E-state index in [0.29, 0.717) is 17.2 Å². The van der Waals surface area contributed by atoms with Crippen LogP contribution in [0.2, 0.25) is 0 Å². The van der Waals surface area contributed by atoms with Crippen molar-refractivity contribution in [2.75, 3.05) is 6.61 Å². The van der Waals surface area contributed by atoms with Crippen molar-refractivity contribution in [1.29, 1.82) is 5.41 Å². The van der Waals surface area contributed by atoms with E-state index in [0.717, 1.165) is 11.1 Å². The first-order valence-corrected chi connectivity index (χ1v) is 6.73. The van der Waals surface area contributed by atoms with Crippen molar-refractivity contribution >= 4 is 21.8 Å². The summed E-state index contributed by atoms with van der Waals surface area (Å²) in [7, 11) is 0. The molecule has 1 fully saturated rings. The molecule has 1 aliphatic rings. The summed E-state index contributed by atoms with van der Waals surface area (Å²) in [6.07, 6.45) is 5.13. The predicted octanol–water partition coefficient (Wildman–Crippen LogP) is 3.30. The molecule has 0 heterocycles. The van der Waals surface area contributed by atoms with Crippen molar-refractivity contribution in [3.8, 4) is 5.75 Å². The molecule has 17 heavy (non-hydrogen) atoms. The van der Waals surface area contributed by atoms with Crippen LogP contribution in [0, 0.1) is 11.3 Å². The molecule has 0 amide bonds. The van der Waals surface area contributed by atoms with Crippen LogP contribution in [-0.2, 0) is 0 Å². The third kappa shape index (κ3) is 3.00. The van der Waals surface area contributed by atoms with Gasteiger partial charge >= 0.3 is 0 Å². The normalized spacial score (nSPS) is 16.1. The lowest BCUT2D eigenvalue weighted by Gasteiger charge is -2.15. The minimum Gasteiger partial charge on any atom is -0.492 e. The van der Waals surface area contributed by atoms with Gasteiger partial charge in [-0.1, -0.05) is 18.9 Å². The van der Waals surface area contributed by atoms with Crippen LogP contribution in [0.25, 0.3) is 0 Å². The Balaban J connectivity index is 2.09. The SMILES string of the molecule is N=C(N)c1c(Br)cccc1OCC1CCCC1. The number of hydrogen-bond donors (Lipinski definition) is 2. The number of benzene rings is 1. The molecule has 92 valence electrons. The van der Waals surface area contributed by atoms with Crippen molar-refractivity contribution in [3.05, 3.63) is 28.2 Å². The van der Waals surface area contributed by atoms with E-state index in [4.69, 9.17) is 15.9 Å². The second-order valence-electron chi connectivity index (χ2n) is 4.49. The Morgan fingerprint density at radius 3 is 2.76 bits per heavy atom. The summed E-state index contributed by atoms with van der Waals surface area (Å²) in [6, 6.07) is 5.65. The first-order valence-electron chi connectivity index (χ1n) is 5.94. The van der Waals surface area contributed by atoms with Crippen LogP contribution >= 0.6 is 15.9 Å². The molecule has 3 N–H and O–H groups in total. The first-order chi connectivity index (χ1) is 8.18. The van der Waals surface area contributed by atoms with Gasteiger partial charge in [0.05, 0.1) is 12.2 Å². The Labute approximate surface area is 110 Å². The average Bonchev–Trinajstić information content (AvgIpc) is 2.78. The summed E-state index contributed by atoms with van der Waals surface area (Å²) in [6.45, 7) is 0.733. The zero-order valence-electron chi connectivity index (χ0n) is 9.71. The summed E-state index contributed by atoms with van der Waals surface area (Å²) < 4.78 is 6.63. The number of rotatable bonds is 4. The predicted molar refractivity (Wildman–Crippen MR) is 72.6 cm³/mol. The molecule has 0 spiro atoms. The standard InChI is InChI=1S/C13H17BrN2O/c14-10-6-3-7-11(12(10)13(15)16)17-8-9-4-1-2-5-9/h3,6-7,9H,1-2,4-5,8H2,(H3,15,16). The van der Waals surface area contributed by atoms with Crippen LogP contribution in [0.15, 0.2) is 22.7 Å². The van der Waals surface area contributed by atoms with E-state index in [-0.39, 0.29) is 5.84 Å². The van der Waals surface area contributed by atoms with Crippen LogP contribution in [0.5, 0.6) is 5.75 Å². The maximum Gasteiger partial charge on any atom is 0.131 e. The third-order valence-electron chi connectivity index (χ3n) is 3.19. The maximum atomic E-state index is 7.57. The molecule has 0 aliphatic heterocycles. The van der Waals surface area contributed by atoms with Crippen LogP contribution in [-0.4, -0.2) is 12.4 Å². The second-order valence-corrected chi connectivity index (χ2v) is 5.34. The molecule has 2 rings (SSSR count). The van der Waals surface area contributed by atoms with Crippen molar-refractivity contribution in [2.24, 2.45) is 11.7 Å². The molecule has 3 nitrogen and oxygen atoms in total. The summed E-state index contributed by atoms with van der Waals surface area (Å²) in [5.41, 5.74) is 6.23. The zero-order chi connectivity index (χ0) is 12.3. The lowest BCUT2D eigenvalue weighted by Crippen LogP contribution is -2.16. The quantitative estimate of drug-likeness (QED) is 0.661. The van der Waals surface area contributed by atoms with Gasteiger partial charge in [0.25, 0.3) is 0 Å². The van der Waals surface area contributed by atoms with Crippen LogP contribution in [0.4, 0.5) is 0 Å². The Morgan fingerprint density at radius 1 is 1.41 bits per heavy atom. The molecule has 4 heteroatoms. The molecule has 1 aromatic rings. The monoisotopic (exact) mass is 296 g/mol. The highest BCUT2D eigenvalue weighted by Crippen LogP contribution is 2.29. The van der Waals surface area contributed by atoms with Crippen molar-refractivity contribution in [2.45, 2.75) is 25.7 Å². The van der Waals surface area contributed by atoms with E-state index in [1.165, 1.54) is 25.7 Å². The van der Waals surface area contributed by atoms with Gasteiger partial charge < -0.3 is 10.5 Å². The summed E-state index contributed by atoms with van der Waals surface area (Å²) >= 11 is 3.40. The summed E-state index contributed by atoms with van der Waals surface area (Å²) in [5, 5.41) is 7.57. The number of amidine groups is 1. The van der Waals surface area contributed by atoms with E-state index < -0.39 is 0 Å². The van der Waals surface area contributed by atoms with E-state index in [9.17, 15) is 0 Å². The molecule has 0 aromatic heterocycles. The van der Waals surface area contributed by atoms with Gasteiger partial charge in [0.2, 0.25) is 0 Å². The molecule has 1 aromatic carbocycles. The smallest absolute Gasteiger partial charge is 0.131 e. The number of nitrogen functional groups attached to an aromatic ring is 1. The Kier molecular flexibility index (Phi) is 4.05. The fourth-order valence-electron chi connectivity index (χ4n) is 2.27. The number of nitrogens with one attached hydrogen (secondary N) is 1. The van der Waals surface area contributed by atoms with E-state index in [1.54, 1.807) is 0 Å². The molecule has 0 atom stereocenters. The Morgan fingerprint density at radius 2 is 2.12 bits per heavy atom. The highest BCUT2D eigenvalue weighted by Gasteiger charge is 2.17. The van der Waals surface area contributed by atoms with Gasteiger partial charge in [-0.25, -0.2) is 0 Å². The summed E-state index contributed by atoms with van der Waals surface area (Å²) in [4.78, 5) is 0. The maximum absolute atomic E-state index is 7.57. The first kappa shape index (κ1) is 12.4. The van der Waals surface area contributed by atoms with Gasteiger partial charge in [0.1, 0.15) is 11.6 Å². The molecule has 1 aliphatic carbocycles. The van der Waals surface area contributed by atoms with Crippen molar-refractivity contribution in [3.63, 3.8) is 0 Å². The van der Waals surface area contributed by atoms with Gasteiger partial charge in [0, 0.05) is 4.47 Å². The van der Waals surface area contributed by atoms with Gasteiger partial charge in [-0.2, -0.15) is 0 Å². The molecular formula is C13H17BrN2O. The Hall–Kier alpha value is -1.03. The second kappa shape index (κ2) is 5.54. The van der Waals surface area contributed by atoms with Gasteiger partial charge in [0.15, 0.2) is 0 Å². The lowest BCUT2D eigenvalue weighted by atomic mass is 10.1. The fraction of sp³-hybridized carbons (Fsp3) is 0.462.